The van der Waals surface area contributed by atoms with Gasteiger partial charge in [0.1, 0.15) is 11.5 Å². The van der Waals surface area contributed by atoms with Crippen LogP contribution in [0.25, 0.3) is 0 Å². The third-order valence-electron chi connectivity index (χ3n) is 4.03. The Kier molecular flexibility index (Phi) is 4.13. The number of ether oxygens (including phenoxy) is 1. The summed E-state index contributed by atoms with van der Waals surface area (Å²) in [6.45, 7) is 7.23. The smallest absolute Gasteiger partial charge is 0.128 e. The van der Waals surface area contributed by atoms with Gasteiger partial charge in [0.25, 0.3) is 0 Å². The van der Waals surface area contributed by atoms with E-state index in [2.05, 4.69) is 18.8 Å². The Morgan fingerprint density at radius 2 is 2.11 bits per heavy atom. The van der Waals surface area contributed by atoms with Crippen molar-refractivity contribution in [2.45, 2.75) is 33.6 Å². The first-order valence-electron chi connectivity index (χ1n) is 7.00. The monoisotopic (exact) mass is 261 g/mol. The molecule has 3 nitrogen and oxygen atoms in total. The molecule has 1 aliphatic carbocycles. The number of benzene rings is 1. The van der Waals surface area contributed by atoms with Gasteiger partial charge in [-0.05, 0) is 42.7 Å². The number of aromatic hydroxyl groups is 1. The van der Waals surface area contributed by atoms with E-state index in [1.54, 1.807) is 19.4 Å². The molecule has 1 aliphatic rings. The number of fused-ring (bicyclic) bond motifs is 1. The minimum Gasteiger partial charge on any atom is -0.507 e. The zero-order valence-electron chi connectivity index (χ0n) is 12.2. The van der Waals surface area contributed by atoms with Crippen molar-refractivity contribution in [2.75, 3.05) is 13.7 Å². The lowest BCUT2D eigenvalue weighted by Crippen LogP contribution is -2.08. The van der Waals surface area contributed by atoms with Crippen LogP contribution in [0.1, 0.15) is 37.5 Å². The highest BCUT2D eigenvalue weighted by Gasteiger charge is 2.30. The van der Waals surface area contributed by atoms with Crippen molar-refractivity contribution in [3.63, 3.8) is 0 Å². The van der Waals surface area contributed by atoms with E-state index in [4.69, 9.17) is 4.74 Å². The minimum absolute atomic E-state index is 0.275. The minimum atomic E-state index is 0.275. The summed E-state index contributed by atoms with van der Waals surface area (Å²) < 4.78 is 5.42. The summed E-state index contributed by atoms with van der Waals surface area (Å²) in [5.74, 6) is 2.34. The normalized spacial score (nSPS) is 18.3. The molecule has 0 heterocycles. The van der Waals surface area contributed by atoms with Crippen LogP contribution < -0.4 is 4.74 Å². The molecule has 0 saturated carbocycles. The zero-order valence-corrected chi connectivity index (χ0v) is 12.2. The average Bonchev–Trinajstić information content (AvgIpc) is 2.82. The molecule has 104 valence electrons. The number of phenols is 1. The molecule has 2 rings (SSSR count). The standard InChI is InChI=1S/C16H23NO2/c1-5-17-9-14-12-6-11(10(2)3)7-13(12)16(19-4)8-15(14)18/h8-11,18H,5-7H2,1-4H3. The summed E-state index contributed by atoms with van der Waals surface area (Å²) in [7, 11) is 1.66. The molecule has 3 heteroatoms. The Hall–Kier alpha value is -1.51. The van der Waals surface area contributed by atoms with E-state index < -0.39 is 0 Å². The van der Waals surface area contributed by atoms with Gasteiger partial charge in [-0.15, -0.1) is 0 Å². The fourth-order valence-electron chi connectivity index (χ4n) is 2.79. The molecule has 1 aromatic carbocycles. The predicted octanol–water partition coefficient (Wildman–Crippen LogP) is 3.21. The van der Waals surface area contributed by atoms with Crippen LogP contribution in [0.5, 0.6) is 11.5 Å². The van der Waals surface area contributed by atoms with Gasteiger partial charge in [0.15, 0.2) is 0 Å². The molecule has 0 fully saturated rings. The first kappa shape index (κ1) is 13.9. The number of nitrogens with zero attached hydrogens (tertiary/aromatic N) is 1. The summed E-state index contributed by atoms with van der Waals surface area (Å²) in [5, 5.41) is 10.2. The summed E-state index contributed by atoms with van der Waals surface area (Å²) in [6, 6.07) is 1.72. The van der Waals surface area contributed by atoms with Gasteiger partial charge in [0.05, 0.1) is 7.11 Å². The number of aliphatic imine (C=N–C) groups is 1. The fourth-order valence-corrected chi connectivity index (χ4v) is 2.79. The van der Waals surface area contributed by atoms with E-state index in [0.29, 0.717) is 11.8 Å². The molecule has 1 unspecified atom stereocenters. The largest absolute Gasteiger partial charge is 0.507 e. The molecule has 0 amide bonds. The van der Waals surface area contributed by atoms with Gasteiger partial charge < -0.3 is 9.84 Å². The van der Waals surface area contributed by atoms with Crippen molar-refractivity contribution in [1.82, 2.24) is 0 Å². The van der Waals surface area contributed by atoms with Crippen LogP contribution in [0.15, 0.2) is 11.1 Å². The summed E-state index contributed by atoms with van der Waals surface area (Å²) in [5.41, 5.74) is 3.34. The second kappa shape index (κ2) is 5.64. The highest BCUT2D eigenvalue weighted by Crippen LogP contribution is 2.41. The zero-order chi connectivity index (χ0) is 14.0. The molecule has 0 aliphatic heterocycles. The molecule has 19 heavy (non-hydrogen) atoms. The molecule has 1 aromatic rings. The molecule has 0 bridgehead atoms. The maximum atomic E-state index is 10.2. The Labute approximate surface area is 115 Å². The Balaban J connectivity index is 2.49. The SMILES string of the molecule is CCN=Cc1c(O)cc(OC)c2c1CC(C(C)C)C2. The number of hydrogen-bond acceptors (Lipinski definition) is 3. The number of phenolic OH excluding ortho intramolecular Hbond substituents is 1. The maximum absolute atomic E-state index is 10.2. The number of rotatable bonds is 4. The van der Waals surface area contributed by atoms with Crippen LogP contribution in [-0.2, 0) is 12.8 Å². The first-order valence-corrected chi connectivity index (χ1v) is 7.00. The van der Waals surface area contributed by atoms with Gasteiger partial charge in [-0.2, -0.15) is 0 Å². The topological polar surface area (TPSA) is 41.8 Å². The lowest BCUT2D eigenvalue weighted by Gasteiger charge is -2.12. The third kappa shape index (κ3) is 2.60. The van der Waals surface area contributed by atoms with Crippen LogP contribution in [0.3, 0.4) is 0 Å². The van der Waals surface area contributed by atoms with Gasteiger partial charge in [-0.1, -0.05) is 13.8 Å². The Morgan fingerprint density at radius 3 is 2.68 bits per heavy atom. The molecule has 1 atom stereocenters. The van der Waals surface area contributed by atoms with Crippen LogP contribution in [0.4, 0.5) is 0 Å². The van der Waals surface area contributed by atoms with Crippen molar-refractivity contribution in [3.8, 4) is 11.5 Å². The summed E-state index contributed by atoms with van der Waals surface area (Å²) >= 11 is 0. The maximum Gasteiger partial charge on any atom is 0.128 e. The van der Waals surface area contributed by atoms with Crippen molar-refractivity contribution in [1.29, 1.82) is 0 Å². The van der Waals surface area contributed by atoms with E-state index >= 15 is 0 Å². The third-order valence-corrected chi connectivity index (χ3v) is 4.03. The molecule has 0 spiro atoms. The van der Waals surface area contributed by atoms with Gasteiger partial charge in [0.2, 0.25) is 0 Å². The second-order valence-corrected chi connectivity index (χ2v) is 5.51. The number of hydrogen-bond donors (Lipinski definition) is 1. The van der Waals surface area contributed by atoms with Crippen molar-refractivity contribution in [2.24, 2.45) is 16.8 Å². The van der Waals surface area contributed by atoms with E-state index in [0.717, 1.165) is 30.7 Å². The van der Waals surface area contributed by atoms with E-state index in [-0.39, 0.29) is 5.75 Å². The second-order valence-electron chi connectivity index (χ2n) is 5.51. The number of methoxy groups -OCH3 is 1. The molecular weight excluding hydrogens is 238 g/mol. The quantitative estimate of drug-likeness (QED) is 0.846. The van der Waals surface area contributed by atoms with Crippen molar-refractivity contribution >= 4 is 6.21 Å². The Bertz CT molecular complexity index is 492. The Morgan fingerprint density at radius 1 is 1.42 bits per heavy atom. The van der Waals surface area contributed by atoms with Crippen LogP contribution in [0, 0.1) is 11.8 Å². The van der Waals surface area contributed by atoms with E-state index in [1.165, 1.54) is 11.1 Å². The molecular formula is C16H23NO2. The molecule has 1 N–H and O–H groups in total. The molecule has 0 saturated heterocycles. The highest BCUT2D eigenvalue weighted by atomic mass is 16.5. The van der Waals surface area contributed by atoms with Gasteiger partial charge in [-0.25, -0.2) is 0 Å². The van der Waals surface area contributed by atoms with Gasteiger partial charge in [-0.3, -0.25) is 4.99 Å². The summed E-state index contributed by atoms with van der Waals surface area (Å²) in [4.78, 5) is 4.28. The van der Waals surface area contributed by atoms with Crippen LogP contribution in [0.2, 0.25) is 0 Å². The highest BCUT2D eigenvalue weighted by molar-refractivity contribution is 5.87. The lowest BCUT2D eigenvalue weighted by atomic mass is 9.93. The van der Waals surface area contributed by atoms with Crippen LogP contribution in [-0.4, -0.2) is 25.0 Å². The van der Waals surface area contributed by atoms with Gasteiger partial charge >= 0.3 is 0 Å². The van der Waals surface area contributed by atoms with Crippen LogP contribution >= 0.6 is 0 Å². The fraction of sp³-hybridized carbons (Fsp3) is 0.562. The van der Waals surface area contributed by atoms with Crippen molar-refractivity contribution < 1.29 is 9.84 Å². The van der Waals surface area contributed by atoms with Gasteiger partial charge in [0, 0.05) is 24.4 Å². The predicted molar refractivity (Wildman–Crippen MR) is 78.5 cm³/mol. The lowest BCUT2D eigenvalue weighted by molar-refractivity contribution is 0.388. The summed E-state index contributed by atoms with van der Waals surface area (Å²) in [6.07, 6.45) is 3.84. The average molecular weight is 261 g/mol. The van der Waals surface area contributed by atoms with Crippen molar-refractivity contribution in [3.05, 3.63) is 22.8 Å². The van der Waals surface area contributed by atoms with E-state index in [9.17, 15) is 5.11 Å². The van der Waals surface area contributed by atoms with E-state index in [1.807, 2.05) is 6.92 Å². The molecule has 0 aromatic heterocycles. The first-order chi connectivity index (χ1) is 9.08. The molecule has 0 radical (unpaired) electrons.